The number of hydrogen-bond donors (Lipinski definition) is 0. The maximum atomic E-state index is 12.5. The third-order valence-corrected chi connectivity index (χ3v) is 4.95. The summed E-state index contributed by atoms with van der Waals surface area (Å²) in [4.78, 5) is 26.7. The van der Waals surface area contributed by atoms with Gasteiger partial charge in [-0.1, -0.05) is 18.2 Å². The molecule has 0 spiro atoms. The zero-order chi connectivity index (χ0) is 17.1. The largest absolute Gasteiger partial charge is 0.337 e. The van der Waals surface area contributed by atoms with Crippen molar-refractivity contribution in [3.8, 4) is 0 Å². The fourth-order valence-electron chi connectivity index (χ4n) is 3.56. The molecule has 4 rings (SSSR count). The molecule has 1 aliphatic rings. The predicted octanol–water partition coefficient (Wildman–Crippen LogP) is 3.12. The van der Waals surface area contributed by atoms with Crippen molar-refractivity contribution in [1.29, 1.82) is 0 Å². The number of nitrogens with zero attached hydrogens (tertiary/aromatic N) is 4. The van der Waals surface area contributed by atoms with Crippen molar-refractivity contribution in [1.82, 2.24) is 19.9 Å². The number of rotatable bonds is 3. The molecular formula is C20H20N4O. The van der Waals surface area contributed by atoms with Crippen LogP contribution in [0.4, 0.5) is 0 Å². The molecule has 126 valence electrons. The van der Waals surface area contributed by atoms with Crippen LogP contribution < -0.4 is 0 Å². The van der Waals surface area contributed by atoms with E-state index in [0.717, 1.165) is 37.9 Å². The van der Waals surface area contributed by atoms with Crippen LogP contribution in [-0.2, 0) is 6.42 Å². The third-order valence-electron chi connectivity index (χ3n) is 4.95. The van der Waals surface area contributed by atoms with Gasteiger partial charge in [0.1, 0.15) is 12.0 Å². The SMILES string of the molecule is O=C(c1ccncn1)N1CCC(Cc2ccnc3ccccc23)CC1. The number of pyridine rings is 1. The van der Waals surface area contributed by atoms with E-state index in [4.69, 9.17) is 0 Å². The lowest BCUT2D eigenvalue weighted by Gasteiger charge is -2.32. The highest BCUT2D eigenvalue weighted by Gasteiger charge is 2.24. The number of carbonyl (C=O) groups excluding carboxylic acids is 1. The summed E-state index contributed by atoms with van der Waals surface area (Å²) in [5, 5.41) is 1.24. The van der Waals surface area contributed by atoms with Crippen LogP contribution in [0, 0.1) is 5.92 Å². The summed E-state index contributed by atoms with van der Waals surface area (Å²) >= 11 is 0. The molecule has 1 aliphatic heterocycles. The highest BCUT2D eigenvalue weighted by atomic mass is 16.2. The first-order chi connectivity index (χ1) is 12.3. The second-order valence-corrected chi connectivity index (χ2v) is 6.52. The maximum absolute atomic E-state index is 12.5. The van der Waals surface area contributed by atoms with Crippen molar-refractivity contribution in [2.45, 2.75) is 19.3 Å². The Morgan fingerprint density at radius 1 is 1.04 bits per heavy atom. The molecular weight excluding hydrogens is 312 g/mol. The van der Waals surface area contributed by atoms with Crippen LogP contribution in [0.15, 0.2) is 55.1 Å². The number of fused-ring (bicyclic) bond motifs is 1. The summed E-state index contributed by atoms with van der Waals surface area (Å²) in [6.07, 6.45) is 8.01. The molecule has 0 unspecified atom stereocenters. The molecule has 5 nitrogen and oxygen atoms in total. The van der Waals surface area contributed by atoms with Gasteiger partial charge in [-0.2, -0.15) is 0 Å². The van der Waals surface area contributed by atoms with Gasteiger partial charge >= 0.3 is 0 Å². The second kappa shape index (κ2) is 6.97. The van der Waals surface area contributed by atoms with Crippen LogP contribution in [0.5, 0.6) is 0 Å². The smallest absolute Gasteiger partial charge is 0.272 e. The quantitative estimate of drug-likeness (QED) is 0.739. The Morgan fingerprint density at radius 3 is 2.68 bits per heavy atom. The highest BCUT2D eigenvalue weighted by molar-refractivity contribution is 5.92. The van der Waals surface area contributed by atoms with Crippen molar-refractivity contribution in [2.24, 2.45) is 5.92 Å². The first kappa shape index (κ1) is 15.7. The fourth-order valence-corrected chi connectivity index (χ4v) is 3.56. The lowest BCUT2D eigenvalue weighted by Crippen LogP contribution is -2.39. The van der Waals surface area contributed by atoms with Gasteiger partial charge in [0.25, 0.3) is 5.91 Å². The van der Waals surface area contributed by atoms with E-state index in [9.17, 15) is 4.79 Å². The minimum Gasteiger partial charge on any atom is -0.337 e. The molecule has 0 N–H and O–H groups in total. The van der Waals surface area contributed by atoms with Crippen LogP contribution >= 0.6 is 0 Å². The molecule has 1 fully saturated rings. The Kier molecular flexibility index (Phi) is 4.37. The molecule has 3 heterocycles. The van der Waals surface area contributed by atoms with E-state index in [-0.39, 0.29) is 5.91 Å². The first-order valence-electron chi connectivity index (χ1n) is 8.69. The summed E-state index contributed by atoms with van der Waals surface area (Å²) in [5.74, 6) is 0.607. The summed E-state index contributed by atoms with van der Waals surface area (Å²) in [7, 11) is 0. The van der Waals surface area contributed by atoms with Crippen molar-refractivity contribution in [2.75, 3.05) is 13.1 Å². The summed E-state index contributed by atoms with van der Waals surface area (Å²) in [5.41, 5.74) is 2.89. The monoisotopic (exact) mass is 332 g/mol. The molecule has 0 aliphatic carbocycles. The number of aromatic nitrogens is 3. The van der Waals surface area contributed by atoms with E-state index in [0.29, 0.717) is 11.6 Å². The van der Waals surface area contributed by atoms with E-state index < -0.39 is 0 Å². The van der Waals surface area contributed by atoms with Crippen molar-refractivity contribution in [3.63, 3.8) is 0 Å². The average Bonchev–Trinajstić information content (AvgIpc) is 2.69. The Bertz CT molecular complexity index is 868. The topological polar surface area (TPSA) is 59.0 Å². The van der Waals surface area contributed by atoms with Crippen molar-refractivity contribution in [3.05, 3.63) is 66.4 Å². The van der Waals surface area contributed by atoms with Crippen LogP contribution in [-0.4, -0.2) is 38.8 Å². The zero-order valence-corrected chi connectivity index (χ0v) is 14.0. The van der Waals surface area contributed by atoms with E-state index in [1.54, 1.807) is 12.3 Å². The van der Waals surface area contributed by atoms with Gasteiger partial charge in [0.05, 0.1) is 5.52 Å². The van der Waals surface area contributed by atoms with Gasteiger partial charge in [0, 0.05) is 30.9 Å². The van der Waals surface area contributed by atoms with Crippen LogP contribution in [0.3, 0.4) is 0 Å². The molecule has 2 aromatic heterocycles. The minimum absolute atomic E-state index is 0.00945. The number of benzene rings is 1. The summed E-state index contributed by atoms with van der Waals surface area (Å²) in [6.45, 7) is 1.58. The molecule has 0 bridgehead atoms. The number of amides is 1. The van der Waals surface area contributed by atoms with Gasteiger partial charge < -0.3 is 4.90 Å². The van der Waals surface area contributed by atoms with E-state index in [1.165, 1.54) is 17.3 Å². The Balaban J connectivity index is 1.41. The lowest BCUT2D eigenvalue weighted by molar-refractivity contribution is 0.0684. The predicted molar refractivity (Wildman–Crippen MR) is 96.1 cm³/mol. The minimum atomic E-state index is 0.00945. The number of piperidine rings is 1. The number of carbonyl (C=O) groups is 1. The van der Waals surface area contributed by atoms with Gasteiger partial charge in [-0.05, 0) is 48.9 Å². The van der Waals surface area contributed by atoms with Crippen LogP contribution in [0.2, 0.25) is 0 Å². The van der Waals surface area contributed by atoms with E-state index >= 15 is 0 Å². The zero-order valence-electron chi connectivity index (χ0n) is 14.0. The maximum Gasteiger partial charge on any atom is 0.272 e. The molecule has 1 amide bonds. The molecule has 0 radical (unpaired) electrons. The Morgan fingerprint density at radius 2 is 1.88 bits per heavy atom. The van der Waals surface area contributed by atoms with Crippen LogP contribution in [0.25, 0.3) is 10.9 Å². The van der Waals surface area contributed by atoms with Gasteiger partial charge in [-0.25, -0.2) is 9.97 Å². The van der Waals surface area contributed by atoms with Crippen LogP contribution in [0.1, 0.15) is 28.9 Å². The number of para-hydroxylation sites is 1. The molecule has 1 saturated heterocycles. The fraction of sp³-hybridized carbons (Fsp3) is 0.300. The van der Waals surface area contributed by atoms with E-state index in [2.05, 4.69) is 39.2 Å². The average molecular weight is 332 g/mol. The summed E-state index contributed by atoms with van der Waals surface area (Å²) < 4.78 is 0. The molecule has 5 heteroatoms. The summed E-state index contributed by atoms with van der Waals surface area (Å²) in [6, 6.07) is 12.1. The molecule has 0 saturated carbocycles. The normalized spacial score (nSPS) is 15.4. The molecule has 0 atom stereocenters. The number of hydrogen-bond acceptors (Lipinski definition) is 4. The van der Waals surface area contributed by atoms with E-state index in [1.807, 2.05) is 17.2 Å². The Labute approximate surface area is 146 Å². The Hall–Kier alpha value is -2.82. The van der Waals surface area contributed by atoms with Crippen molar-refractivity contribution < 1.29 is 4.79 Å². The van der Waals surface area contributed by atoms with Gasteiger partial charge in [0.15, 0.2) is 0 Å². The van der Waals surface area contributed by atoms with Gasteiger partial charge in [-0.15, -0.1) is 0 Å². The first-order valence-corrected chi connectivity index (χ1v) is 8.69. The van der Waals surface area contributed by atoms with Gasteiger partial charge in [-0.3, -0.25) is 9.78 Å². The third kappa shape index (κ3) is 3.36. The van der Waals surface area contributed by atoms with Gasteiger partial charge in [0.2, 0.25) is 0 Å². The highest BCUT2D eigenvalue weighted by Crippen LogP contribution is 2.26. The second-order valence-electron chi connectivity index (χ2n) is 6.52. The molecule has 1 aromatic carbocycles. The molecule has 3 aromatic rings. The lowest BCUT2D eigenvalue weighted by atomic mass is 9.89. The molecule has 25 heavy (non-hydrogen) atoms. The standard InChI is InChI=1S/C20H20N4O/c25-20(19-6-9-21-14-23-19)24-11-7-15(8-12-24)13-16-5-10-22-18-4-2-1-3-17(16)18/h1-6,9-10,14-15H,7-8,11-13H2. The van der Waals surface area contributed by atoms with Crippen molar-refractivity contribution >= 4 is 16.8 Å². The number of likely N-dealkylation sites (tertiary alicyclic amines) is 1.